The van der Waals surface area contributed by atoms with Gasteiger partial charge in [0.05, 0.1) is 17.3 Å². The summed E-state index contributed by atoms with van der Waals surface area (Å²) < 4.78 is 6.26. The van der Waals surface area contributed by atoms with Crippen molar-refractivity contribution in [1.29, 1.82) is 5.26 Å². The second kappa shape index (κ2) is 7.89. The minimum absolute atomic E-state index is 0.223. The van der Waals surface area contributed by atoms with Gasteiger partial charge in [-0.15, -0.1) is 10.2 Å². The molecule has 0 aliphatic carbocycles. The zero-order chi connectivity index (χ0) is 20.4. The molecule has 2 aromatic carbocycles. The van der Waals surface area contributed by atoms with E-state index in [4.69, 9.17) is 4.74 Å². The number of anilines is 1. The van der Waals surface area contributed by atoms with E-state index in [-0.39, 0.29) is 11.8 Å². The van der Waals surface area contributed by atoms with Crippen LogP contribution in [0.5, 0.6) is 5.88 Å². The van der Waals surface area contributed by atoms with Crippen LogP contribution in [-0.2, 0) is 4.79 Å². The number of carbonyl (C=O) groups is 1. The first-order chi connectivity index (χ1) is 14.1. The van der Waals surface area contributed by atoms with E-state index < -0.39 is 6.23 Å². The molecule has 7 nitrogen and oxygen atoms in total. The van der Waals surface area contributed by atoms with Crippen LogP contribution in [0.1, 0.15) is 31.2 Å². The van der Waals surface area contributed by atoms with E-state index in [0.717, 1.165) is 5.75 Å². The van der Waals surface area contributed by atoms with Gasteiger partial charge in [-0.25, -0.2) is 0 Å². The van der Waals surface area contributed by atoms with Gasteiger partial charge < -0.3 is 4.74 Å². The van der Waals surface area contributed by atoms with Crippen LogP contribution < -0.4 is 9.64 Å². The SMILES string of the molecule is CCSc1nnc2c(n1)O[C@H](c1ccccc1C#N)N(C(C)=O)c1ccccc1-2. The number of hydrogen-bond donors (Lipinski definition) is 0. The van der Waals surface area contributed by atoms with Crippen molar-refractivity contribution in [2.24, 2.45) is 0 Å². The fourth-order valence-corrected chi connectivity index (χ4v) is 3.76. The van der Waals surface area contributed by atoms with Gasteiger partial charge in [0.2, 0.25) is 23.2 Å². The van der Waals surface area contributed by atoms with Crippen LogP contribution >= 0.6 is 11.8 Å². The maximum Gasteiger partial charge on any atom is 0.247 e. The molecule has 0 N–H and O–H groups in total. The molecule has 8 heteroatoms. The Balaban J connectivity index is 1.98. The number of para-hydroxylation sites is 1. The van der Waals surface area contributed by atoms with E-state index in [2.05, 4.69) is 21.3 Å². The Morgan fingerprint density at radius 3 is 2.72 bits per heavy atom. The minimum atomic E-state index is -0.859. The van der Waals surface area contributed by atoms with Gasteiger partial charge in [0.1, 0.15) is 0 Å². The number of benzene rings is 2. The maximum absolute atomic E-state index is 12.7. The Morgan fingerprint density at radius 2 is 1.97 bits per heavy atom. The fourth-order valence-electron chi connectivity index (χ4n) is 3.26. The zero-order valence-electron chi connectivity index (χ0n) is 15.9. The smallest absolute Gasteiger partial charge is 0.247 e. The van der Waals surface area contributed by atoms with Crippen molar-refractivity contribution in [3.8, 4) is 23.2 Å². The third-order valence-electron chi connectivity index (χ3n) is 4.47. The molecule has 3 aromatic rings. The largest absolute Gasteiger partial charge is 0.447 e. The lowest BCUT2D eigenvalue weighted by Gasteiger charge is -2.30. The summed E-state index contributed by atoms with van der Waals surface area (Å²) in [7, 11) is 0. The number of ether oxygens (including phenoxy) is 1. The number of nitriles is 1. The molecule has 1 atom stereocenters. The number of rotatable bonds is 3. The molecular weight excluding hydrogens is 386 g/mol. The number of thioether (sulfide) groups is 1. The molecule has 0 bridgehead atoms. The van der Waals surface area contributed by atoms with Gasteiger partial charge in [0.25, 0.3) is 0 Å². The molecule has 1 aliphatic rings. The highest BCUT2D eigenvalue weighted by molar-refractivity contribution is 7.99. The second-order valence-corrected chi connectivity index (χ2v) is 7.49. The molecular formula is C21H17N5O2S. The Hall–Kier alpha value is -3.44. The van der Waals surface area contributed by atoms with E-state index in [1.807, 2.05) is 37.3 Å². The van der Waals surface area contributed by atoms with Crippen LogP contribution in [-0.4, -0.2) is 26.8 Å². The normalized spacial score (nSPS) is 14.8. The summed E-state index contributed by atoms with van der Waals surface area (Å²) in [5.74, 6) is 0.848. The fraction of sp³-hybridized carbons (Fsp3) is 0.190. The lowest BCUT2D eigenvalue weighted by Crippen LogP contribution is -2.36. The highest BCUT2D eigenvalue weighted by atomic mass is 32.2. The average molecular weight is 403 g/mol. The first-order valence-electron chi connectivity index (χ1n) is 9.06. The molecule has 0 saturated heterocycles. The van der Waals surface area contributed by atoms with Crippen LogP contribution in [0.4, 0.5) is 5.69 Å². The van der Waals surface area contributed by atoms with Gasteiger partial charge in [-0.2, -0.15) is 10.2 Å². The van der Waals surface area contributed by atoms with Crippen molar-refractivity contribution in [1.82, 2.24) is 15.2 Å². The zero-order valence-corrected chi connectivity index (χ0v) is 16.7. The summed E-state index contributed by atoms with van der Waals surface area (Å²) in [4.78, 5) is 18.8. The molecule has 1 amide bonds. The van der Waals surface area contributed by atoms with Crippen molar-refractivity contribution < 1.29 is 9.53 Å². The Kier molecular flexibility index (Phi) is 5.14. The molecule has 0 fully saturated rings. The van der Waals surface area contributed by atoms with Gasteiger partial charge in [-0.05, 0) is 17.9 Å². The molecule has 0 unspecified atom stereocenters. The highest BCUT2D eigenvalue weighted by Crippen LogP contribution is 2.43. The third-order valence-corrected chi connectivity index (χ3v) is 5.19. The van der Waals surface area contributed by atoms with E-state index >= 15 is 0 Å². The second-order valence-electron chi connectivity index (χ2n) is 6.26. The Bertz CT molecular complexity index is 1130. The monoisotopic (exact) mass is 403 g/mol. The molecule has 0 radical (unpaired) electrons. The van der Waals surface area contributed by atoms with E-state index in [0.29, 0.717) is 33.2 Å². The van der Waals surface area contributed by atoms with Crippen LogP contribution in [0.15, 0.2) is 53.7 Å². The summed E-state index contributed by atoms with van der Waals surface area (Å²) in [6.07, 6.45) is -0.859. The highest BCUT2D eigenvalue weighted by Gasteiger charge is 2.35. The lowest BCUT2D eigenvalue weighted by atomic mass is 10.0. The van der Waals surface area contributed by atoms with Crippen LogP contribution in [0.25, 0.3) is 11.3 Å². The summed E-state index contributed by atoms with van der Waals surface area (Å²) in [5, 5.41) is 18.6. The Morgan fingerprint density at radius 1 is 1.21 bits per heavy atom. The van der Waals surface area contributed by atoms with Gasteiger partial charge in [-0.3, -0.25) is 9.69 Å². The van der Waals surface area contributed by atoms with E-state index in [1.54, 1.807) is 18.2 Å². The van der Waals surface area contributed by atoms with Crippen molar-refractivity contribution in [3.05, 3.63) is 59.7 Å². The third kappa shape index (κ3) is 3.41. The molecule has 29 heavy (non-hydrogen) atoms. The van der Waals surface area contributed by atoms with Gasteiger partial charge >= 0.3 is 0 Å². The van der Waals surface area contributed by atoms with Crippen molar-refractivity contribution in [2.45, 2.75) is 25.2 Å². The summed E-state index contributed by atoms with van der Waals surface area (Å²) in [5.41, 5.74) is 2.79. The number of amides is 1. The number of carbonyl (C=O) groups excluding carboxylic acids is 1. The minimum Gasteiger partial charge on any atom is -0.447 e. The average Bonchev–Trinajstić information content (AvgIpc) is 2.88. The number of aromatic nitrogens is 3. The predicted octanol–water partition coefficient (Wildman–Crippen LogP) is 3.97. The topological polar surface area (TPSA) is 92.0 Å². The molecule has 144 valence electrons. The molecule has 0 saturated carbocycles. The van der Waals surface area contributed by atoms with Crippen LogP contribution in [0.2, 0.25) is 0 Å². The first-order valence-corrected chi connectivity index (χ1v) is 10.0. The van der Waals surface area contributed by atoms with Gasteiger partial charge in [0, 0.05) is 18.1 Å². The maximum atomic E-state index is 12.7. The Labute approximate surface area is 172 Å². The molecule has 0 spiro atoms. The standard InChI is InChI=1S/C21H17N5O2S/c1-3-29-21-23-19-18(24-25-21)16-10-6-7-11-17(16)26(13(2)27)20(28-19)15-9-5-4-8-14(15)12-22/h4-11,20H,3H2,1-2H3/t20-/m1/s1. The summed E-state index contributed by atoms with van der Waals surface area (Å²) in [6.45, 7) is 3.47. The first kappa shape index (κ1) is 18.9. The van der Waals surface area contributed by atoms with Crippen molar-refractivity contribution in [2.75, 3.05) is 10.7 Å². The molecule has 1 aliphatic heterocycles. The van der Waals surface area contributed by atoms with E-state index in [1.165, 1.54) is 23.6 Å². The molecule has 1 aromatic heterocycles. The summed E-state index contributed by atoms with van der Waals surface area (Å²) >= 11 is 1.45. The number of hydrogen-bond acceptors (Lipinski definition) is 7. The van der Waals surface area contributed by atoms with Gasteiger partial charge in [0.15, 0.2) is 5.69 Å². The van der Waals surface area contributed by atoms with Crippen LogP contribution in [0.3, 0.4) is 0 Å². The van der Waals surface area contributed by atoms with E-state index in [9.17, 15) is 10.1 Å². The van der Waals surface area contributed by atoms with Crippen molar-refractivity contribution >= 4 is 23.4 Å². The lowest BCUT2D eigenvalue weighted by molar-refractivity contribution is -0.118. The molecule has 2 heterocycles. The molecule has 4 rings (SSSR count). The number of fused-ring (bicyclic) bond motifs is 3. The van der Waals surface area contributed by atoms with Crippen LogP contribution in [0, 0.1) is 11.3 Å². The van der Waals surface area contributed by atoms with Crippen molar-refractivity contribution in [3.63, 3.8) is 0 Å². The predicted molar refractivity (Wildman–Crippen MR) is 109 cm³/mol. The quantitative estimate of drug-likeness (QED) is 0.611. The summed E-state index contributed by atoms with van der Waals surface area (Å²) in [6, 6.07) is 16.6. The number of nitrogens with zero attached hydrogens (tertiary/aromatic N) is 5. The van der Waals surface area contributed by atoms with Gasteiger partial charge in [-0.1, -0.05) is 55.1 Å².